The summed E-state index contributed by atoms with van der Waals surface area (Å²) < 4.78 is 127. The van der Waals surface area contributed by atoms with Gasteiger partial charge in [0.2, 0.25) is 12.4 Å². The van der Waals surface area contributed by atoms with Gasteiger partial charge in [-0.3, -0.25) is 38.4 Å². The van der Waals surface area contributed by atoms with E-state index >= 15 is 0 Å². The van der Waals surface area contributed by atoms with Crippen molar-refractivity contribution >= 4 is 75.0 Å². The van der Waals surface area contributed by atoms with Crippen molar-refractivity contribution in [2.24, 2.45) is 5.11 Å². The normalized spacial score (nSPS) is 23.2. The fraction of sp³-hybridized carbons (Fsp3) is 0.547. The van der Waals surface area contributed by atoms with Gasteiger partial charge in [0.15, 0.2) is 60.0 Å². The molecule has 5 aliphatic rings. The number of ether oxygens (including phenoxy) is 15. The van der Waals surface area contributed by atoms with E-state index in [0.717, 1.165) is 66.3 Å². The second-order valence-corrected chi connectivity index (χ2v) is 24.6. The number of cyclic esters (lactones) is 1. The lowest BCUT2D eigenvalue weighted by molar-refractivity contribution is -0.323. The number of hydrogen-bond donors (Lipinski definition) is 1. The summed E-state index contributed by atoms with van der Waals surface area (Å²) in [6.45, 7) is 7.13. The molecule has 9 rings (SSSR count). The molecule has 0 spiro atoms. The number of nitrogens with zero attached hydrogens (tertiary/aromatic N) is 6. The number of carbonyl (C=O) groups excluding carboxylic acids is 9. The Kier molecular flexibility index (Phi) is 24.6. The van der Waals surface area contributed by atoms with Gasteiger partial charge in [-0.1, -0.05) is 12.0 Å². The van der Waals surface area contributed by atoms with Gasteiger partial charge in [0, 0.05) is 94.7 Å². The first-order valence-corrected chi connectivity index (χ1v) is 33.0. The number of fused-ring (bicyclic) bond motifs is 5. The summed E-state index contributed by atoms with van der Waals surface area (Å²) >= 11 is 0. The van der Waals surface area contributed by atoms with Crippen LogP contribution in [0.3, 0.4) is 0 Å². The lowest BCUT2D eigenvalue weighted by atomic mass is 9.85. The van der Waals surface area contributed by atoms with Gasteiger partial charge in [-0.15, -0.1) is 8.42 Å². The minimum atomic E-state index is -5.42. The molecule has 1 aliphatic carbocycles. The van der Waals surface area contributed by atoms with Gasteiger partial charge in [-0.25, -0.2) is 14.6 Å². The molecule has 0 bridgehead atoms. The van der Waals surface area contributed by atoms with Gasteiger partial charge in [-0.05, 0) is 72.7 Å². The Morgan fingerprint density at radius 3 is 1.96 bits per heavy atom. The van der Waals surface area contributed by atoms with Crippen LogP contribution in [0.5, 0.6) is 17.2 Å². The van der Waals surface area contributed by atoms with Crippen molar-refractivity contribution in [1.29, 1.82) is 0 Å². The first-order chi connectivity index (χ1) is 48.1. The standard InChI is InChI=1S/C64H74N6O30S/c1-10-64(81)43-27-45-50-41(28-70(45)59(78)42(43)29-89-63(64)80)40-13-11-12-37-24-39(26-44(67-50)49(37)40)99-101(82,83)100-47-25-38(58(77)69(8)17-19-86-21-23-87-22-20-85-18-16-66-68-65)14-15-46(47)96-62-57(95-36(7)76)52(91-32(3)72)51(90-31(2)71)48(97-62)30-88-61-56(94-35(6)75)54(93-34(5)74)53(92-33(4)73)55(98-61)60(79)84-9/h14-15,24-27,48,51-57,61-62,81H,10-13,16-23,28-30H2,1-9H3/t48-,51-,52+,53+,54+,55+,56-,57-,61?,62-,64+/m1/s1. The molecule has 1 N–H and O–H groups in total. The van der Waals surface area contributed by atoms with Crippen LogP contribution in [0.25, 0.3) is 32.7 Å². The molecule has 101 heavy (non-hydrogen) atoms. The topological polar surface area (TPSA) is 452 Å². The van der Waals surface area contributed by atoms with E-state index in [9.17, 15) is 61.5 Å². The lowest BCUT2D eigenvalue weighted by Gasteiger charge is -2.46. The first kappa shape index (κ1) is 75.6. The number of aromatic nitrogens is 2. The number of azide groups is 1. The summed E-state index contributed by atoms with van der Waals surface area (Å²) in [7, 11) is -3.05. The monoisotopic (exact) mass is 1440 g/mol. The van der Waals surface area contributed by atoms with Gasteiger partial charge >= 0.3 is 58.2 Å². The molecule has 4 aromatic rings. The van der Waals surface area contributed by atoms with Crippen LogP contribution in [-0.2, 0) is 147 Å². The number of esters is 8. The molecule has 6 heterocycles. The van der Waals surface area contributed by atoms with E-state index in [1.165, 1.54) is 34.7 Å². The van der Waals surface area contributed by atoms with Gasteiger partial charge in [-0.2, -0.15) is 0 Å². The molecule has 0 radical (unpaired) electrons. The maximum absolute atomic E-state index is 14.7. The molecule has 2 aromatic heterocycles. The molecule has 36 nitrogen and oxygen atoms in total. The zero-order chi connectivity index (χ0) is 73.2. The number of carbonyl (C=O) groups is 9. The highest BCUT2D eigenvalue weighted by atomic mass is 32.3. The Morgan fingerprint density at radius 1 is 0.723 bits per heavy atom. The average molecular weight is 1440 g/mol. The number of pyridine rings is 2. The third-order valence-electron chi connectivity index (χ3n) is 16.5. The van der Waals surface area contributed by atoms with Crippen molar-refractivity contribution in [3.63, 3.8) is 0 Å². The fourth-order valence-electron chi connectivity index (χ4n) is 12.2. The van der Waals surface area contributed by atoms with Gasteiger partial charge < -0.3 is 94.0 Å². The summed E-state index contributed by atoms with van der Waals surface area (Å²) in [6.07, 6.45) is -17.8. The molecule has 546 valence electrons. The highest BCUT2D eigenvalue weighted by molar-refractivity contribution is 7.82. The number of hydrogen-bond acceptors (Lipinski definition) is 32. The highest BCUT2D eigenvalue weighted by Gasteiger charge is 2.58. The molecule has 1 amide bonds. The molecule has 2 fully saturated rings. The Labute approximate surface area is 575 Å². The zero-order valence-electron chi connectivity index (χ0n) is 56.2. The van der Waals surface area contributed by atoms with Crippen LogP contribution in [0.15, 0.2) is 46.3 Å². The van der Waals surface area contributed by atoms with E-state index < -0.39 is 155 Å². The quantitative estimate of drug-likeness (QED) is 0.0172. The van der Waals surface area contributed by atoms with Crippen LogP contribution >= 0.6 is 0 Å². The predicted molar refractivity (Wildman–Crippen MR) is 336 cm³/mol. The van der Waals surface area contributed by atoms with Gasteiger partial charge in [0.25, 0.3) is 11.5 Å². The summed E-state index contributed by atoms with van der Waals surface area (Å²) in [5.74, 6) is -10.8. The summed E-state index contributed by atoms with van der Waals surface area (Å²) in [4.78, 5) is 140. The molecule has 2 aromatic carbocycles. The van der Waals surface area contributed by atoms with Crippen LogP contribution in [0, 0.1) is 0 Å². The molecule has 11 atom stereocenters. The number of methoxy groups -OCH3 is 1. The zero-order valence-corrected chi connectivity index (χ0v) is 57.0. The Morgan fingerprint density at radius 2 is 1.33 bits per heavy atom. The van der Waals surface area contributed by atoms with Gasteiger partial charge in [0.1, 0.15) is 18.5 Å². The van der Waals surface area contributed by atoms with Crippen LogP contribution < -0.4 is 18.7 Å². The number of aryl methyl sites for hydroxylation is 2. The van der Waals surface area contributed by atoms with Crippen LogP contribution in [0.1, 0.15) is 99.5 Å². The molecular formula is C64H74N6O30S. The van der Waals surface area contributed by atoms with E-state index in [1.807, 2.05) is 0 Å². The molecule has 37 heteroatoms. The van der Waals surface area contributed by atoms with Crippen molar-refractivity contribution in [1.82, 2.24) is 14.5 Å². The molecular weight excluding hydrogens is 1360 g/mol. The first-order valence-electron chi connectivity index (χ1n) is 31.7. The summed E-state index contributed by atoms with van der Waals surface area (Å²) in [6, 6.07) is 7.55. The SMILES string of the molecule is CC[C@@]1(O)C(=O)OCc2c1cc1n(c2=O)Cc2c-1nc1cc(OS(=O)(=O)Oc3cc(C(=O)N(C)CCOCCOCCOCCN=[N+]=[N-])ccc3O[C@@H]3O[C@H](COC4O[C@H](C(=O)OC)[C@@H](OC(C)=O)[C@H](OC(C)=O)[C@H]4OC(C)=O)[C@@H](OC(C)=O)[C@H](OC(C)=O)[C@H]3OC(C)=O)cc3c1c2CCC3. The molecule has 0 saturated carbocycles. The van der Waals surface area contributed by atoms with Crippen LogP contribution in [0.4, 0.5) is 0 Å². The van der Waals surface area contributed by atoms with Gasteiger partial charge in [0.05, 0.1) is 82.4 Å². The predicted octanol–water partition coefficient (Wildman–Crippen LogP) is 2.31. The van der Waals surface area contributed by atoms with Crippen molar-refractivity contribution in [3.05, 3.63) is 90.6 Å². The molecule has 1 unspecified atom stereocenters. The highest BCUT2D eigenvalue weighted by Crippen LogP contribution is 2.45. The van der Waals surface area contributed by atoms with E-state index in [1.54, 1.807) is 13.0 Å². The number of likely N-dealkylation sites (N-methyl/N-ethyl adjacent to an activating group) is 1. The maximum atomic E-state index is 14.7. The van der Waals surface area contributed by atoms with Crippen molar-refractivity contribution < 1.29 is 136 Å². The summed E-state index contributed by atoms with van der Waals surface area (Å²) in [5.41, 5.74) is 8.79. The van der Waals surface area contributed by atoms with Crippen LogP contribution in [0.2, 0.25) is 0 Å². The van der Waals surface area contributed by atoms with E-state index in [2.05, 4.69) is 10.0 Å². The second kappa shape index (κ2) is 32.8. The number of benzene rings is 2. The Balaban J connectivity index is 1.06. The Hall–Kier alpha value is -9.59. The molecule has 2 saturated heterocycles. The van der Waals surface area contributed by atoms with E-state index in [-0.39, 0.29) is 100 Å². The van der Waals surface area contributed by atoms with E-state index in [4.69, 9.17) is 89.9 Å². The van der Waals surface area contributed by atoms with Crippen LogP contribution in [-0.4, -0.2) is 217 Å². The Bertz CT molecular complexity index is 4100. The minimum Gasteiger partial charge on any atom is -0.467 e. The lowest BCUT2D eigenvalue weighted by Crippen LogP contribution is -2.65. The third-order valence-corrected chi connectivity index (χ3v) is 17.3. The van der Waals surface area contributed by atoms with E-state index in [0.29, 0.717) is 47.2 Å². The number of aliphatic hydroxyl groups is 1. The third kappa shape index (κ3) is 17.6. The second-order valence-electron chi connectivity index (χ2n) is 23.5. The fourth-order valence-corrected chi connectivity index (χ4v) is 12.9. The minimum absolute atomic E-state index is 0.0103. The summed E-state index contributed by atoms with van der Waals surface area (Å²) in [5, 5.41) is 15.6. The van der Waals surface area contributed by atoms with Crippen molar-refractivity contribution in [2.75, 3.05) is 73.5 Å². The molecule has 4 aliphatic heterocycles. The number of amides is 1. The maximum Gasteiger partial charge on any atom is 0.501 e. The smallest absolute Gasteiger partial charge is 0.467 e. The van der Waals surface area contributed by atoms with Crippen molar-refractivity contribution in [3.8, 4) is 28.6 Å². The largest absolute Gasteiger partial charge is 0.501 e. The van der Waals surface area contributed by atoms with Crippen molar-refractivity contribution in [2.45, 2.75) is 154 Å². The number of rotatable bonds is 30. The average Bonchev–Trinajstić information content (AvgIpc) is 1.60.